The monoisotopic (exact) mass is 596 g/mol. The van der Waals surface area contributed by atoms with Crippen molar-refractivity contribution in [3.8, 4) is 5.69 Å². The molecular formula is C32H35F3N4O4. The van der Waals surface area contributed by atoms with Crippen LogP contribution in [0.4, 0.5) is 13.2 Å². The number of carbonyl (C=O) groups excluding carboxylic acids is 3. The standard InChI is InChI=1S/C32H35F3N4O4/c33-32(34,35)29-26(20-39(37-29)25-10-5-2-6-11-25)30(41)36-17-7-12-28(40)23-13-15-24(16-14-23)31(42)38-18-19-43-21-27(38)22-8-3-1-4-9-22/h1-6,8-11,20,23-24,27H,7,12-19,21H2,(H,36,41). The largest absolute Gasteiger partial charge is 0.435 e. The van der Waals surface area contributed by atoms with E-state index in [4.69, 9.17) is 4.74 Å². The van der Waals surface area contributed by atoms with Crippen LogP contribution in [0, 0.1) is 11.8 Å². The first-order valence-electron chi connectivity index (χ1n) is 14.7. The van der Waals surface area contributed by atoms with Gasteiger partial charge in [-0.1, -0.05) is 48.5 Å². The first-order valence-corrected chi connectivity index (χ1v) is 14.7. The van der Waals surface area contributed by atoms with Crippen LogP contribution in [0.3, 0.4) is 0 Å². The van der Waals surface area contributed by atoms with Gasteiger partial charge in [0.15, 0.2) is 5.69 Å². The molecular weight excluding hydrogens is 561 g/mol. The molecule has 1 saturated heterocycles. The Morgan fingerprint density at radius 1 is 0.930 bits per heavy atom. The quantitative estimate of drug-likeness (QED) is 0.335. The topological polar surface area (TPSA) is 93.5 Å². The molecule has 3 aromatic rings. The summed E-state index contributed by atoms with van der Waals surface area (Å²) in [5, 5.41) is 6.11. The molecule has 1 unspecified atom stereocenters. The number of rotatable bonds is 9. The zero-order valence-electron chi connectivity index (χ0n) is 23.8. The van der Waals surface area contributed by atoms with Crippen LogP contribution < -0.4 is 5.32 Å². The van der Waals surface area contributed by atoms with Gasteiger partial charge in [-0.3, -0.25) is 14.4 Å². The summed E-state index contributed by atoms with van der Waals surface area (Å²) in [5.74, 6) is -1.01. The number of para-hydroxylation sites is 1. The molecule has 2 aromatic carbocycles. The number of hydrogen-bond donors (Lipinski definition) is 1. The van der Waals surface area contributed by atoms with Crippen LogP contribution in [-0.4, -0.2) is 58.6 Å². The minimum Gasteiger partial charge on any atom is -0.377 e. The van der Waals surface area contributed by atoms with Gasteiger partial charge in [0.1, 0.15) is 5.78 Å². The SMILES string of the molecule is O=C(NCCCC(=O)C1CCC(C(=O)N2CCOCC2c2ccccc2)CC1)c1cn(-c2ccccc2)nc1C(F)(F)F. The summed E-state index contributed by atoms with van der Waals surface area (Å²) in [4.78, 5) is 40.9. The zero-order valence-corrected chi connectivity index (χ0v) is 23.8. The lowest BCUT2D eigenvalue weighted by molar-refractivity contribution is -0.146. The number of halogens is 3. The Morgan fingerprint density at radius 2 is 1.58 bits per heavy atom. The van der Waals surface area contributed by atoms with Gasteiger partial charge in [-0.25, -0.2) is 4.68 Å². The molecule has 43 heavy (non-hydrogen) atoms. The first-order chi connectivity index (χ1) is 20.7. The maximum absolute atomic E-state index is 13.6. The fourth-order valence-electron chi connectivity index (χ4n) is 5.94. The van der Waals surface area contributed by atoms with Crippen LogP contribution in [0.2, 0.25) is 0 Å². The summed E-state index contributed by atoms with van der Waals surface area (Å²) < 4.78 is 47.5. The molecule has 0 radical (unpaired) electrons. The van der Waals surface area contributed by atoms with Gasteiger partial charge < -0.3 is 15.0 Å². The number of benzene rings is 2. The third-order valence-corrected chi connectivity index (χ3v) is 8.26. The highest BCUT2D eigenvalue weighted by Crippen LogP contribution is 2.35. The number of aromatic nitrogens is 2. The lowest BCUT2D eigenvalue weighted by Gasteiger charge is -2.39. The minimum absolute atomic E-state index is 0.0570. The Balaban J connectivity index is 1.09. The number of carbonyl (C=O) groups is 3. The zero-order chi connectivity index (χ0) is 30.4. The average Bonchev–Trinajstić information content (AvgIpc) is 3.50. The van der Waals surface area contributed by atoms with Gasteiger partial charge in [0.2, 0.25) is 5.91 Å². The minimum atomic E-state index is -4.80. The molecule has 1 N–H and O–H groups in total. The van der Waals surface area contributed by atoms with Gasteiger partial charge in [-0.05, 0) is 49.8 Å². The van der Waals surface area contributed by atoms with Crippen LogP contribution in [0.15, 0.2) is 66.9 Å². The van der Waals surface area contributed by atoms with E-state index in [1.54, 1.807) is 30.3 Å². The summed E-state index contributed by atoms with van der Waals surface area (Å²) in [6, 6.07) is 18.0. The smallest absolute Gasteiger partial charge is 0.377 e. The molecule has 2 heterocycles. The molecule has 1 atom stereocenters. The number of ether oxygens (including phenoxy) is 1. The second kappa shape index (κ2) is 13.5. The summed E-state index contributed by atoms with van der Waals surface area (Å²) in [6.45, 7) is 1.57. The van der Waals surface area contributed by atoms with E-state index in [0.717, 1.165) is 16.4 Å². The van der Waals surface area contributed by atoms with Crippen LogP contribution in [0.1, 0.15) is 66.2 Å². The highest BCUT2D eigenvalue weighted by Gasteiger charge is 2.39. The Morgan fingerprint density at radius 3 is 2.26 bits per heavy atom. The van der Waals surface area contributed by atoms with Gasteiger partial charge in [0.05, 0.1) is 30.5 Å². The number of nitrogens with zero attached hydrogens (tertiary/aromatic N) is 3. The molecule has 1 aromatic heterocycles. The summed E-state index contributed by atoms with van der Waals surface area (Å²) in [5.41, 5.74) is -0.384. The van der Waals surface area contributed by atoms with Gasteiger partial charge in [0.25, 0.3) is 5.91 Å². The lowest BCUT2D eigenvalue weighted by atomic mass is 9.78. The van der Waals surface area contributed by atoms with Crippen LogP contribution in [0.25, 0.3) is 5.69 Å². The van der Waals surface area contributed by atoms with E-state index in [1.807, 2.05) is 35.2 Å². The van der Waals surface area contributed by atoms with Crippen molar-refractivity contribution in [2.24, 2.45) is 11.8 Å². The number of hydrogen-bond acceptors (Lipinski definition) is 5. The first kappa shape index (κ1) is 30.5. The van der Waals surface area contributed by atoms with Crippen molar-refractivity contribution in [3.63, 3.8) is 0 Å². The van der Waals surface area contributed by atoms with E-state index < -0.39 is 23.3 Å². The number of morpholine rings is 1. The molecule has 0 spiro atoms. The van der Waals surface area contributed by atoms with Gasteiger partial charge >= 0.3 is 6.18 Å². The molecule has 2 fully saturated rings. The average molecular weight is 597 g/mol. The maximum Gasteiger partial charge on any atom is 0.435 e. The fourth-order valence-corrected chi connectivity index (χ4v) is 5.94. The third-order valence-electron chi connectivity index (χ3n) is 8.26. The second-order valence-electron chi connectivity index (χ2n) is 11.1. The lowest BCUT2D eigenvalue weighted by Crippen LogP contribution is -2.46. The van der Waals surface area contributed by atoms with Gasteiger partial charge in [0, 0.05) is 37.5 Å². The summed E-state index contributed by atoms with van der Waals surface area (Å²) in [7, 11) is 0. The van der Waals surface area contributed by atoms with Crippen LogP contribution >= 0.6 is 0 Å². The molecule has 2 aliphatic rings. The fraction of sp³-hybridized carbons (Fsp3) is 0.438. The molecule has 1 aliphatic carbocycles. The molecule has 0 bridgehead atoms. The predicted molar refractivity (Wildman–Crippen MR) is 152 cm³/mol. The molecule has 11 heteroatoms. The second-order valence-corrected chi connectivity index (χ2v) is 11.1. The van der Waals surface area contributed by atoms with Crippen molar-refractivity contribution in [2.75, 3.05) is 26.3 Å². The molecule has 8 nitrogen and oxygen atoms in total. The highest BCUT2D eigenvalue weighted by molar-refractivity contribution is 5.95. The van der Waals surface area contributed by atoms with Crippen LogP contribution in [0.5, 0.6) is 0 Å². The molecule has 228 valence electrons. The molecule has 1 saturated carbocycles. The predicted octanol–water partition coefficient (Wildman–Crippen LogP) is 5.38. The van der Waals surface area contributed by atoms with E-state index in [-0.39, 0.29) is 42.5 Å². The van der Waals surface area contributed by atoms with Crippen molar-refractivity contribution in [1.29, 1.82) is 0 Å². The molecule has 2 amide bonds. The van der Waals surface area contributed by atoms with Crippen molar-refractivity contribution >= 4 is 17.6 Å². The number of amides is 2. The molecule has 5 rings (SSSR count). The van der Waals surface area contributed by atoms with Gasteiger partial charge in [-0.15, -0.1) is 0 Å². The van der Waals surface area contributed by atoms with Crippen molar-refractivity contribution < 1.29 is 32.3 Å². The van der Waals surface area contributed by atoms with E-state index in [9.17, 15) is 27.6 Å². The van der Waals surface area contributed by atoms with E-state index in [0.29, 0.717) is 57.6 Å². The summed E-state index contributed by atoms with van der Waals surface area (Å²) >= 11 is 0. The van der Waals surface area contributed by atoms with E-state index in [2.05, 4.69) is 10.4 Å². The number of alkyl halides is 3. The Kier molecular flexibility index (Phi) is 9.59. The van der Waals surface area contributed by atoms with Crippen molar-refractivity contribution in [3.05, 3.63) is 83.7 Å². The van der Waals surface area contributed by atoms with Crippen molar-refractivity contribution in [1.82, 2.24) is 20.0 Å². The number of ketones is 1. The van der Waals surface area contributed by atoms with Crippen molar-refractivity contribution in [2.45, 2.75) is 50.7 Å². The summed E-state index contributed by atoms with van der Waals surface area (Å²) in [6.07, 6.45) is -0.703. The van der Waals surface area contributed by atoms with Gasteiger partial charge in [-0.2, -0.15) is 18.3 Å². The maximum atomic E-state index is 13.6. The van der Waals surface area contributed by atoms with E-state index >= 15 is 0 Å². The highest BCUT2D eigenvalue weighted by atomic mass is 19.4. The molecule has 1 aliphatic heterocycles. The Labute approximate surface area is 248 Å². The third kappa shape index (κ3) is 7.33. The normalized spacial score (nSPS) is 20.9. The Bertz CT molecular complexity index is 1400. The van der Waals surface area contributed by atoms with Crippen LogP contribution in [-0.2, 0) is 20.5 Å². The van der Waals surface area contributed by atoms with E-state index in [1.165, 1.54) is 0 Å². The number of Topliss-reactive ketones (excluding diaryl/α,β-unsaturated/α-hetero) is 1. The Hall–Kier alpha value is -3.99. The number of nitrogens with one attached hydrogen (secondary N) is 1.